The number of nitrogens with zero attached hydrogens (tertiary/aromatic N) is 3. The van der Waals surface area contributed by atoms with E-state index < -0.39 is 6.17 Å². The first-order valence-electron chi connectivity index (χ1n) is 14.2. The van der Waals surface area contributed by atoms with Gasteiger partial charge in [0, 0.05) is 57.8 Å². The Hall–Kier alpha value is -1.29. The van der Waals surface area contributed by atoms with Gasteiger partial charge in [-0.15, -0.1) is 0 Å². The topological polar surface area (TPSA) is 80.0 Å². The monoisotopic (exact) mass is 492 g/mol. The molecule has 3 N–H and O–H groups in total. The number of halogens is 1. The Morgan fingerprint density at radius 3 is 2.60 bits per heavy atom. The van der Waals surface area contributed by atoms with Crippen molar-refractivity contribution < 1.29 is 14.0 Å². The van der Waals surface area contributed by atoms with E-state index in [9.17, 15) is 14.0 Å². The minimum absolute atomic E-state index is 0.0885. The first-order chi connectivity index (χ1) is 17.1. The molecule has 35 heavy (non-hydrogen) atoms. The molecule has 4 heterocycles. The fraction of sp³-hybridized carbons (Fsp3) is 0.923. The van der Waals surface area contributed by atoms with Gasteiger partial charge in [-0.25, -0.2) is 4.39 Å². The van der Waals surface area contributed by atoms with Crippen molar-refractivity contribution in [2.75, 3.05) is 52.4 Å². The SMILES string of the molecule is O=C1NC[C@H](CCC(=O)N2CCN(C3CCCCN3)CC2)N2C[C@@H](NCC3CCC(F)CC3)C[C@H]12. The highest BCUT2D eigenvalue weighted by molar-refractivity contribution is 5.83. The van der Waals surface area contributed by atoms with Crippen LogP contribution in [0.4, 0.5) is 4.39 Å². The van der Waals surface area contributed by atoms with Gasteiger partial charge in [0.15, 0.2) is 0 Å². The molecule has 0 aromatic heterocycles. The van der Waals surface area contributed by atoms with Crippen molar-refractivity contribution in [3.05, 3.63) is 0 Å². The molecule has 9 heteroatoms. The van der Waals surface area contributed by atoms with Crippen LogP contribution >= 0.6 is 0 Å². The molecule has 1 unspecified atom stereocenters. The Bertz CT molecular complexity index is 719. The molecule has 5 aliphatic rings. The lowest BCUT2D eigenvalue weighted by atomic mass is 9.88. The molecule has 4 saturated heterocycles. The van der Waals surface area contributed by atoms with Gasteiger partial charge in [0.25, 0.3) is 0 Å². The van der Waals surface area contributed by atoms with Gasteiger partial charge in [0.2, 0.25) is 11.8 Å². The van der Waals surface area contributed by atoms with Crippen LogP contribution in [0.2, 0.25) is 0 Å². The molecule has 0 spiro atoms. The molecule has 8 nitrogen and oxygen atoms in total. The zero-order valence-electron chi connectivity index (χ0n) is 21.2. The van der Waals surface area contributed by atoms with Crippen molar-refractivity contribution in [2.24, 2.45) is 5.92 Å². The lowest BCUT2D eigenvalue weighted by Crippen LogP contribution is -2.58. The number of hydrogen-bond donors (Lipinski definition) is 3. The van der Waals surface area contributed by atoms with E-state index in [1.807, 2.05) is 4.90 Å². The van der Waals surface area contributed by atoms with E-state index >= 15 is 0 Å². The molecular formula is C26H45FN6O2. The number of rotatable bonds is 7. The van der Waals surface area contributed by atoms with Gasteiger partial charge >= 0.3 is 0 Å². The number of carbonyl (C=O) groups is 2. The average molecular weight is 493 g/mol. The summed E-state index contributed by atoms with van der Waals surface area (Å²) >= 11 is 0. The molecule has 4 aliphatic heterocycles. The van der Waals surface area contributed by atoms with Crippen LogP contribution in [0.1, 0.15) is 64.2 Å². The molecule has 0 radical (unpaired) electrons. The van der Waals surface area contributed by atoms with E-state index in [1.54, 1.807) is 0 Å². The van der Waals surface area contributed by atoms with Gasteiger partial charge in [-0.05, 0) is 76.8 Å². The van der Waals surface area contributed by atoms with E-state index in [1.165, 1.54) is 19.3 Å². The van der Waals surface area contributed by atoms with Crippen LogP contribution in [-0.4, -0.2) is 109 Å². The molecule has 1 aliphatic carbocycles. The smallest absolute Gasteiger partial charge is 0.237 e. The maximum Gasteiger partial charge on any atom is 0.237 e. The Kier molecular flexibility index (Phi) is 8.58. The van der Waals surface area contributed by atoms with E-state index in [2.05, 4.69) is 25.8 Å². The van der Waals surface area contributed by atoms with Crippen molar-refractivity contribution in [3.8, 4) is 0 Å². The van der Waals surface area contributed by atoms with Crippen molar-refractivity contribution in [1.82, 2.24) is 30.7 Å². The van der Waals surface area contributed by atoms with Crippen molar-refractivity contribution in [2.45, 2.75) is 94.7 Å². The van der Waals surface area contributed by atoms with Gasteiger partial charge in [-0.1, -0.05) is 0 Å². The van der Waals surface area contributed by atoms with Crippen molar-refractivity contribution in [3.63, 3.8) is 0 Å². The third kappa shape index (κ3) is 6.35. The summed E-state index contributed by atoms with van der Waals surface area (Å²) in [5, 5.41) is 10.4. The molecule has 0 aromatic carbocycles. The van der Waals surface area contributed by atoms with E-state index in [4.69, 9.17) is 0 Å². The molecule has 4 atom stereocenters. The summed E-state index contributed by atoms with van der Waals surface area (Å²) in [5.41, 5.74) is 0. The van der Waals surface area contributed by atoms with Crippen LogP contribution in [0.5, 0.6) is 0 Å². The highest BCUT2D eigenvalue weighted by Gasteiger charge is 2.43. The zero-order valence-corrected chi connectivity index (χ0v) is 21.2. The Labute approximate surface area is 209 Å². The summed E-state index contributed by atoms with van der Waals surface area (Å²) in [6, 6.07) is 0.434. The second kappa shape index (κ2) is 11.8. The second-order valence-corrected chi connectivity index (χ2v) is 11.5. The number of carbonyl (C=O) groups excluding carboxylic acids is 2. The molecule has 5 rings (SSSR count). The predicted octanol–water partition coefficient (Wildman–Crippen LogP) is 1.07. The molecule has 198 valence electrons. The Morgan fingerprint density at radius 2 is 1.86 bits per heavy atom. The number of alkyl halides is 1. The highest BCUT2D eigenvalue weighted by Crippen LogP contribution is 2.28. The minimum atomic E-state index is -0.614. The van der Waals surface area contributed by atoms with Gasteiger partial charge in [0.1, 0.15) is 6.17 Å². The molecule has 0 bridgehead atoms. The van der Waals surface area contributed by atoms with Crippen LogP contribution < -0.4 is 16.0 Å². The Balaban J connectivity index is 1.05. The van der Waals surface area contributed by atoms with Crippen LogP contribution in [0.3, 0.4) is 0 Å². The van der Waals surface area contributed by atoms with E-state index in [-0.39, 0.29) is 23.9 Å². The molecule has 0 aromatic rings. The second-order valence-electron chi connectivity index (χ2n) is 11.5. The normalized spacial score (nSPS) is 37.2. The number of piperazine rings is 2. The fourth-order valence-corrected chi connectivity index (χ4v) is 6.93. The van der Waals surface area contributed by atoms with Crippen LogP contribution in [0, 0.1) is 5.92 Å². The predicted molar refractivity (Wildman–Crippen MR) is 134 cm³/mol. The highest BCUT2D eigenvalue weighted by atomic mass is 19.1. The van der Waals surface area contributed by atoms with Crippen molar-refractivity contribution in [1.29, 1.82) is 0 Å². The summed E-state index contributed by atoms with van der Waals surface area (Å²) in [4.78, 5) is 32.4. The van der Waals surface area contributed by atoms with Gasteiger partial charge < -0.3 is 20.9 Å². The summed E-state index contributed by atoms with van der Waals surface area (Å²) in [6.45, 7) is 7.08. The molecule has 2 amide bonds. The lowest BCUT2D eigenvalue weighted by Gasteiger charge is -2.41. The number of piperidine rings is 1. The Morgan fingerprint density at radius 1 is 1.06 bits per heavy atom. The minimum Gasteiger partial charge on any atom is -0.353 e. The maximum atomic E-state index is 13.4. The number of amides is 2. The summed E-state index contributed by atoms with van der Waals surface area (Å²) < 4.78 is 13.4. The summed E-state index contributed by atoms with van der Waals surface area (Å²) in [7, 11) is 0. The van der Waals surface area contributed by atoms with Gasteiger partial charge in [-0.3, -0.25) is 19.4 Å². The molecule has 5 fully saturated rings. The largest absolute Gasteiger partial charge is 0.353 e. The third-order valence-corrected chi connectivity index (χ3v) is 9.18. The lowest BCUT2D eigenvalue weighted by molar-refractivity contribution is -0.134. The van der Waals surface area contributed by atoms with E-state index in [0.717, 1.165) is 71.5 Å². The van der Waals surface area contributed by atoms with Crippen molar-refractivity contribution >= 4 is 11.8 Å². The maximum absolute atomic E-state index is 13.4. The number of nitrogens with one attached hydrogen (secondary N) is 3. The molecular weight excluding hydrogens is 447 g/mol. The summed E-state index contributed by atoms with van der Waals surface area (Å²) in [5.74, 6) is 0.936. The standard InChI is InChI=1S/C26H45FN6O2/c27-20-6-4-19(5-7-20)16-29-21-15-23-26(35)30-17-22(33(23)18-21)8-9-25(34)32-13-11-31(12-14-32)24-3-1-2-10-28-24/h19-24,28-29H,1-18H2,(H,30,35)/t19?,20?,21-,22-,23+,24?/m0/s1. The first-order valence-corrected chi connectivity index (χ1v) is 14.2. The van der Waals surface area contributed by atoms with E-state index in [0.29, 0.717) is 43.9 Å². The van der Waals surface area contributed by atoms with Crippen LogP contribution in [0.15, 0.2) is 0 Å². The van der Waals surface area contributed by atoms with Crippen LogP contribution in [-0.2, 0) is 9.59 Å². The van der Waals surface area contributed by atoms with Gasteiger partial charge in [0.05, 0.1) is 12.2 Å². The quantitative estimate of drug-likeness (QED) is 0.494. The molecule has 1 saturated carbocycles. The zero-order chi connectivity index (χ0) is 24.2. The average Bonchev–Trinajstić information content (AvgIpc) is 3.34. The van der Waals surface area contributed by atoms with Crippen LogP contribution in [0.25, 0.3) is 0 Å². The first kappa shape index (κ1) is 25.4. The van der Waals surface area contributed by atoms with Gasteiger partial charge in [-0.2, -0.15) is 0 Å². The third-order valence-electron chi connectivity index (χ3n) is 9.18. The number of hydrogen-bond acceptors (Lipinski definition) is 6. The summed E-state index contributed by atoms with van der Waals surface area (Å²) in [6.07, 6.45) is 9.14. The number of fused-ring (bicyclic) bond motifs is 1. The fourth-order valence-electron chi connectivity index (χ4n) is 6.93.